The number of esters is 1. The molecule has 4 heteroatoms. The van der Waals surface area contributed by atoms with Crippen LogP contribution in [0, 0.1) is 0 Å². The van der Waals surface area contributed by atoms with E-state index in [1.807, 2.05) is 0 Å². The number of nitrogens with zero attached hydrogens (tertiary/aromatic N) is 1. The molecule has 0 unspecified atom stereocenters. The summed E-state index contributed by atoms with van der Waals surface area (Å²) in [5.41, 5.74) is 0.499. The minimum Gasteiger partial charge on any atom is -0.459 e. The van der Waals surface area contributed by atoms with E-state index in [2.05, 4.69) is 20.9 Å². The second kappa shape index (κ2) is 4.09. The SMILES string of the molecule is O=C(OC1CCC1)c1cccnc1Br. The Morgan fingerprint density at radius 2 is 2.36 bits per heavy atom. The van der Waals surface area contributed by atoms with Crippen molar-refractivity contribution in [3.05, 3.63) is 28.5 Å². The maximum Gasteiger partial charge on any atom is 0.341 e. The molecule has 3 nitrogen and oxygen atoms in total. The molecule has 0 N–H and O–H groups in total. The molecule has 1 heterocycles. The molecule has 1 aromatic heterocycles. The second-order valence-corrected chi connectivity index (χ2v) is 4.05. The highest BCUT2D eigenvalue weighted by Crippen LogP contribution is 2.24. The summed E-state index contributed by atoms with van der Waals surface area (Å²) in [6, 6.07) is 3.43. The molecule has 1 aliphatic rings. The minimum atomic E-state index is -0.283. The van der Waals surface area contributed by atoms with Gasteiger partial charge < -0.3 is 4.74 Å². The lowest BCUT2D eigenvalue weighted by Gasteiger charge is -2.25. The van der Waals surface area contributed by atoms with E-state index in [9.17, 15) is 4.79 Å². The fourth-order valence-electron chi connectivity index (χ4n) is 1.24. The Hall–Kier alpha value is -0.900. The summed E-state index contributed by atoms with van der Waals surface area (Å²) in [7, 11) is 0. The van der Waals surface area contributed by atoms with E-state index >= 15 is 0 Å². The van der Waals surface area contributed by atoms with Crippen molar-refractivity contribution in [2.75, 3.05) is 0 Å². The first-order valence-corrected chi connectivity index (χ1v) is 5.38. The summed E-state index contributed by atoms with van der Waals surface area (Å²) in [5, 5.41) is 0. The highest BCUT2D eigenvalue weighted by atomic mass is 79.9. The fraction of sp³-hybridized carbons (Fsp3) is 0.400. The van der Waals surface area contributed by atoms with Crippen molar-refractivity contribution in [1.29, 1.82) is 0 Å². The summed E-state index contributed by atoms with van der Waals surface area (Å²) in [6.45, 7) is 0. The lowest BCUT2D eigenvalue weighted by atomic mass is 9.96. The number of carbonyl (C=O) groups excluding carboxylic acids is 1. The number of hydrogen-bond donors (Lipinski definition) is 0. The zero-order chi connectivity index (χ0) is 9.97. The average Bonchev–Trinajstić information content (AvgIpc) is 2.12. The van der Waals surface area contributed by atoms with Crippen molar-refractivity contribution in [2.45, 2.75) is 25.4 Å². The maximum atomic E-state index is 11.6. The molecule has 0 atom stereocenters. The molecule has 14 heavy (non-hydrogen) atoms. The third-order valence-corrected chi connectivity index (χ3v) is 2.94. The van der Waals surface area contributed by atoms with Crippen LogP contribution in [0.3, 0.4) is 0 Å². The first kappa shape index (κ1) is 9.65. The zero-order valence-electron chi connectivity index (χ0n) is 7.57. The fourth-order valence-corrected chi connectivity index (χ4v) is 1.65. The van der Waals surface area contributed by atoms with Crippen molar-refractivity contribution < 1.29 is 9.53 Å². The molecular weight excluding hydrogens is 246 g/mol. The Morgan fingerprint density at radius 1 is 1.57 bits per heavy atom. The monoisotopic (exact) mass is 255 g/mol. The third-order valence-electron chi connectivity index (χ3n) is 2.30. The predicted molar refractivity (Wildman–Crippen MR) is 55.0 cm³/mol. The summed E-state index contributed by atoms with van der Waals surface area (Å²) in [6.07, 6.45) is 4.89. The summed E-state index contributed by atoms with van der Waals surface area (Å²) in [4.78, 5) is 15.5. The molecule has 0 radical (unpaired) electrons. The lowest BCUT2D eigenvalue weighted by molar-refractivity contribution is 0.00885. The summed E-state index contributed by atoms with van der Waals surface area (Å²) >= 11 is 3.21. The molecule has 0 spiro atoms. The average molecular weight is 256 g/mol. The lowest BCUT2D eigenvalue weighted by Crippen LogP contribution is -2.25. The quantitative estimate of drug-likeness (QED) is 0.603. The van der Waals surface area contributed by atoms with Gasteiger partial charge in [0.05, 0.1) is 5.56 Å². The molecule has 0 aromatic carbocycles. The van der Waals surface area contributed by atoms with E-state index in [-0.39, 0.29) is 12.1 Å². The number of halogens is 1. The Labute approximate surface area is 90.6 Å². The first-order valence-electron chi connectivity index (χ1n) is 4.59. The van der Waals surface area contributed by atoms with Crippen LogP contribution in [0.4, 0.5) is 0 Å². The van der Waals surface area contributed by atoms with Gasteiger partial charge >= 0.3 is 5.97 Å². The van der Waals surface area contributed by atoms with Crippen LogP contribution in [0.25, 0.3) is 0 Å². The Morgan fingerprint density at radius 3 is 2.93 bits per heavy atom. The number of hydrogen-bond acceptors (Lipinski definition) is 3. The number of ether oxygens (including phenoxy) is 1. The van der Waals surface area contributed by atoms with Crippen LogP contribution in [-0.2, 0) is 4.74 Å². The second-order valence-electron chi connectivity index (χ2n) is 3.30. The molecule has 0 bridgehead atoms. The number of aromatic nitrogens is 1. The van der Waals surface area contributed by atoms with E-state index in [1.165, 1.54) is 0 Å². The van der Waals surface area contributed by atoms with Gasteiger partial charge in [0.15, 0.2) is 0 Å². The van der Waals surface area contributed by atoms with E-state index in [0.717, 1.165) is 19.3 Å². The normalized spacial score (nSPS) is 16.1. The Balaban J connectivity index is 2.06. The molecule has 1 fully saturated rings. The van der Waals surface area contributed by atoms with Crippen molar-refractivity contribution in [2.24, 2.45) is 0 Å². The Bertz CT molecular complexity index is 350. The van der Waals surface area contributed by atoms with Crippen LogP contribution < -0.4 is 0 Å². The van der Waals surface area contributed by atoms with Gasteiger partial charge in [-0.05, 0) is 47.3 Å². The number of carbonyl (C=O) groups is 1. The summed E-state index contributed by atoms with van der Waals surface area (Å²) < 4.78 is 5.79. The molecule has 0 amide bonds. The Kier molecular flexibility index (Phi) is 2.82. The smallest absolute Gasteiger partial charge is 0.341 e. The summed E-state index contributed by atoms with van der Waals surface area (Å²) in [5.74, 6) is -0.283. The molecule has 0 aliphatic heterocycles. The highest BCUT2D eigenvalue weighted by molar-refractivity contribution is 9.10. The zero-order valence-corrected chi connectivity index (χ0v) is 9.16. The van der Waals surface area contributed by atoms with Crippen molar-refractivity contribution in [3.63, 3.8) is 0 Å². The van der Waals surface area contributed by atoms with Crippen LogP contribution in [0.2, 0.25) is 0 Å². The van der Waals surface area contributed by atoms with E-state index in [4.69, 9.17) is 4.74 Å². The van der Waals surface area contributed by atoms with Crippen molar-refractivity contribution in [3.8, 4) is 0 Å². The van der Waals surface area contributed by atoms with Gasteiger partial charge in [-0.2, -0.15) is 0 Å². The maximum absolute atomic E-state index is 11.6. The molecule has 1 aliphatic carbocycles. The van der Waals surface area contributed by atoms with E-state index in [0.29, 0.717) is 10.2 Å². The third kappa shape index (κ3) is 1.95. The van der Waals surface area contributed by atoms with Gasteiger partial charge in [-0.3, -0.25) is 0 Å². The highest BCUT2D eigenvalue weighted by Gasteiger charge is 2.23. The molecule has 0 saturated heterocycles. The van der Waals surface area contributed by atoms with Gasteiger partial charge in [-0.25, -0.2) is 9.78 Å². The number of pyridine rings is 1. The first-order chi connectivity index (χ1) is 6.77. The minimum absolute atomic E-state index is 0.120. The van der Waals surface area contributed by atoms with Crippen LogP contribution in [0.15, 0.2) is 22.9 Å². The van der Waals surface area contributed by atoms with Gasteiger partial charge in [0.2, 0.25) is 0 Å². The van der Waals surface area contributed by atoms with Crippen LogP contribution in [0.5, 0.6) is 0 Å². The van der Waals surface area contributed by atoms with Crippen molar-refractivity contribution >= 4 is 21.9 Å². The van der Waals surface area contributed by atoms with Gasteiger partial charge in [0.25, 0.3) is 0 Å². The molecular formula is C10H10BrNO2. The van der Waals surface area contributed by atoms with Gasteiger partial charge in [-0.1, -0.05) is 0 Å². The van der Waals surface area contributed by atoms with Gasteiger partial charge in [0.1, 0.15) is 10.7 Å². The van der Waals surface area contributed by atoms with E-state index in [1.54, 1.807) is 18.3 Å². The molecule has 74 valence electrons. The molecule has 1 aromatic rings. The topological polar surface area (TPSA) is 39.2 Å². The van der Waals surface area contributed by atoms with Crippen LogP contribution in [-0.4, -0.2) is 17.1 Å². The predicted octanol–water partition coefficient (Wildman–Crippen LogP) is 2.55. The van der Waals surface area contributed by atoms with Crippen LogP contribution in [0.1, 0.15) is 29.6 Å². The standard InChI is InChI=1S/C10H10BrNO2/c11-9-8(5-2-6-12-9)10(13)14-7-3-1-4-7/h2,5-7H,1,3-4H2. The largest absolute Gasteiger partial charge is 0.459 e. The molecule has 1 saturated carbocycles. The van der Waals surface area contributed by atoms with Gasteiger partial charge in [0, 0.05) is 6.20 Å². The van der Waals surface area contributed by atoms with Gasteiger partial charge in [-0.15, -0.1) is 0 Å². The van der Waals surface area contributed by atoms with Crippen LogP contribution >= 0.6 is 15.9 Å². The number of rotatable bonds is 2. The van der Waals surface area contributed by atoms with Crippen molar-refractivity contribution in [1.82, 2.24) is 4.98 Å². The molecule has 2 rings (SSSR count). The van der Waals surface area contributed by atoms with E-state index < -0.39 is 0 Å².